The fourth-order valence-electron chi connectivity index (χ4n) is 8.59. The van der Waals surface area contributed by atoms with Gasteiger partial charge in [0.05, 0.1) is 11.3 Å². The molecule has 2 atom stereocenters. The quantitative estimate of drug-likeness (QED) is 0.179. The molecule has 224 valence electrons. The van der Waals surface area contributed by atoms with E-state index < -0.39 is 0 Å². The molecule has 0 fully saturated rings. The molecule has 1 nitrogen and oxygen atoms in total. The lowest BCUT2D eigenvalue weighted by Crippen LogP contribution is -2.19. The number of anilines is 2. The zero-order valence-corrected chi connectivity index (χ0v) is 26.9. The van der Waals surface area contributed by atoms with Gasteiger partial charge in [0.1, 0.15) is 0 Å². The SMILES string of the molecule is c1cc(-c2ccc3ccc4c(-c5ccc6ccccc6c5)ccc5ccc2c3c54)cc(N2c3ccccc3C3Sc4ccccc4C32)c1. The second-order valence-electron chi connectivity index (χ2n) is 13.2. The van der Waals surface area contributed by atoms with E-state index in [4.69, 9.17) is 0 Å². The van der Waals surface area contributed by atoms with Crippen LogP contribution in [-0.4, -0.2) is 0 Å². The van der Waals surface area contributed by atoms with Gasteiger partial charge >= 0.3 is 0 Å². The largest absolute Gasteiger partial charge is 0.332 e. The second-order valence-corrected chi connectivity index (χ2v) is 14.4. The first kappa shape index (κ1) is 26.5. The van der Waals surface area contributed by atoms with E-state index in [1.54, 1.807) is 0 Å². The second kappa shape index (κ2) is 9.97. The van der Waals surface area contributed by atoms with Crippen molar-refractivity contribution in [2.75, 3.05) is 4.90 Å². The first-order chi connectivity index (χ1) is 23.8. The minimum atomic E-state index is 0.286. The Labute approximate surface area is 283 Å². The molecule has 2 unspecified atom stereocenters. The Balaban J connectivity index is 1.09. The maximum Gasteiger partial charge on any atom is 0.0766 e. The Morgan fingerprint density at radius 1 is 0.438 bits per heavy atom. The van der Waals surface area contributed by atoms with Crippen molar-refractivity contribution in [1.82, 2.24) is 0 Å². The van der Waals surface area contributed by atoms with Gasteiger partial charge in [-0.25, -0.2) is 0 Å². The van der Waals surface area contributed by atoms with Crippen LogP contribution in [0.15, 0.2) is 169 Å². The summed E-state index contributed by atoms with van der Waals surface area (Å²) in [6, 6.07) is 61.5. The summed E-state index contributed by atoms with van der Waals surface area (Å²) in [6.45, 7) is 0. The minimum Gasteiger partial charge on any atom is -0.332 e. The summed E-state index contributed by atoms with van der Waals surface area (Å²) in [5.74, 6) is 0. The molecule has 11 rings (SSSR count). The van der Waals surface area contributed by atoms with Crippen LogP contribution in [0, 0.1) is 0 Å². The van der Waals surface area contributed by atoms with Gasteiger partial charge in [0.2, 0.25) is 0 Å². The highest BCUT2D eigenvalue weighted by atomic mass is 32.2. The average Bonchev–Trinajstić information content (AvgIpc) is 3.68. The summed E-state index contributed by atoms with van der Waals surface area (Å²) in [6.07, 6.45) is 0. The zero-order chi connectivity index (χ0) is 31.3. The number of fused-ring (bicyclic) bond motifs is 6. The molecule has 2 aliphatic heterocycles. The number of nitrogens with zero attached hydrogens (tertiary/aromatic N) is 1. The molecule has 0 saturated heterocycles. The van der Waals surface area contributed by atoms with Gasteiger partial charge in [-0.2, -0.15) is 0 Å². The molecule has 0 spiro atoms. The van der Waals surface area contributed by atoms with Gasteiger partial charge in [-0.15, -0.1) is 11.8 Å². The molecule has 2 aliphatic rings. The van der Waals surface area contributed by atoms with Crippen molar-refractivity contribution in [3.8, 4) is 22.3 Å². The van der Waals surface area contributed by atoms with Crippen LogP contribution in [0.4, 0.5) is 11.4 Å². The topological polar surface area (TPSA) is 3.24 Å². The number of hydrogen-bond donors (Lipinski definition) is 0. The van der Waals surface area contributed by atoms with Crippen LogP contribution in [0.2, 0.25) is 0 Å². The van der Waals surface area contributed by atoms with Gasteiger partial charge in [-0.1, -0.05) is 133 Å². The van der Waals surface area contributed by atoms with Crippen molar-refractivity contribution in [2.45, 2.75) is 16.2 Å². The lowest BCUT2D eigenvalue weighted by molar-refractivity contribution is 0.737. The van der Waals surface area contributed by atoms with E-state index in [2.05, 4.69) is 169 Å². The Morgan fingerprint density at radius 2 is 1.06 bits per heavy atom. The third-order valence-corrected chi connectivity index (χ3v) is 12.1. The maximum absolute atomic E-state index is 2.59. The lowest BCUT2D eigenvalue weighted by Gasteiger charge is -2.28. The monoisotopic (exact) mass is 627 g/mol. The predicted molar refractivity (Wildman–Crippen MR) is 205 cm³/mol. The normalized spacial score (nSPS) is 16.6. The first-order valence-electron chi connectivity index (χ1n) is 16.7. The van der Waals surface area contributed by atoms with Gasteiger partial charge in [0.25, 0.3) is 0 Å². The van der Waals surface area contributed by atoms with Crippen LogP contribution in [0.3, 0.4) is 0 Å². The summed E-state index contributed by atoms with van der Waals surface area (Å²) >= 11 is 2.01. The first-order valence-corrected chi connectivity index (χ1v) is 17.6. The molecule has 0 saturated carbocycles. The summed E-state index contributed by atoms with van der Waals surface area (Å²) in [5.41, 5.74) is 10.5. The van der Waals surface area contributed by atoms with Crippen molar-refractivity contribution in [3.05, 3.63) is 175 Å². The third kappa shape index (κ3) is 3.69. The number of benzene rings is 9. The smallest absolute Gasteiger partial charge is 0.0766 e. The van der Waals surface area contributed by atoms with Crippen LogP contribution in [0.1, 0.15) is 22.4 Å². The summed E-state index contributed by atoms with van der Waals surface area (Å²) in [5, 5.41) is 10.8. The molecule has 48 heavy (non-hydrogen) atoms. The minimum absolute atomic E-state index is 0.286. The van der Waals surface area contributed by atoms with E-state index >= 15 is 0 Å². The number of rotatable bonds is 3. The van der Waals surface area contributed by atoms with Gasteiger partial charge in [-0.05, 0) is 107 Å². The molecule has 0 radical (unpaired) electrons. The fourth-order valence-corrected chi connectivity index (χ4v) is 10.1. The molecule has 2 heteroatoms. The van der Waals surface area contributed by atoms with E-state index in [0.717, 1.165) is 0 Å². The van der Waals surface area contributed by atoms with Gasteiger partial charge in [0, 0.05) is 16.3 Å². The molecule has 0 aliphatic carbocycles. The summed E-state index contributed by atoms with van der Waals surface area (Å²) < 4.78 is 0. The van der Waals surface area contributed by atoms with E-state index in [9.17, 15) is 0 Å². The Bertz CT molecular complexity index is 2740. The zero-order valence-electron chi connectivity index (χ0n) is 26.1. The number of hydrogen-bond acceptors (Lipinski definition) is 2. The fraction of sp³-hybridized carbons (Fsp3) is 0.0435. The highest BCUT2D eigenvalue weighted by Crippen LogP contribution is 2.64. The molecule has 9 aromatic carbocycles. The highest BCUT2D eigenvalue weighted by Gasteiger charge is 2.45. The molecule has 9 aromatic rings. The van der Waals surface area contributed by atoms with Crippen molar-refractivity contribution in [3.63, 3.8) is 0 Å². The van der Waals surface area contributed by atoms with E-state index in [1.165, 1.54) is 92.7 Å². The van der Waals surface area contributed by atoms with Crippen molar-refractivity contribution < 1.29 is 0 Å². The third-order valence-electron chi connectivity index (χ3n) is 10.7. The molecule has 0 bridgehead atoms. The van der Waals surface area contributed by atoms with E-state index in [1.807, 2.05) is 11.8 Å². The Hall–Kier alpha value is -5.57. The molecule has 2 heterocycles. The standard InChI is InChI=1S/C46H29NS/c1-2-9-31-26-33(17-16-28(31)8-1)36-23-19-30-20-24-37-35(22-18-29-21-25-38(36)44(30)43(29)37)32-10-7-11-34(27-32)47-41-14-5-3-12-39(41)46-45(47)40-13-4-6-15-42(40)48-46/h1-27,45-46H. The van der Waals surface area contributed by atoms with Gasteiger partial charge in [-0.3, -0.25) is 0 Å². The van der Waals surface area contributed by atoms with Crippen molar-refractivity contribution in [1.29, 1.82) is 0 Å². The van der Waals surface area contributed by atoms with Crippen LogP contribution in [0.5, 0.6) is 0 Å². The highest BCUT2D eigenvalue weighted by molar-refractivity contribution is 8.00. The maximum atomic E-state index is 2.59. The Morgan fingerprint density at radius 3 is 1.85 bits per heavy atom. The molecular weight excluding hydrogens is 599 g/mol. The van der Waals surface area contributed by atoms with Crippen LogP contribution < -0.4 is 4.90 Å². The predicted octanol–water partition coefficient (Wildman–Crippen LogP) is 13.1. The van der Waals surface area contributed by atoms with Crippen LogP contribution in [0.25, 0.3) is 65.3 Å². The van der Waals surface area contributed by atoms with E-state index in [-0.39, 0.29) is 6.04 Å². The van der Waals surface area contributed by atoms with Crippen LogP contribution in [-0.2, 0) is 0 Å². The number of thioether (sulfide) groups is 1. The van der Waals surface area contributed by atoms with Crippen molar-refractivity contribution in [2.24, 2.45) is 0 Å². The van der Waals surface area contributed by atoms with Crippen molar-refractivity contribution >= 4 is 66.2 Å². The number of para-hydroxylation sites is 1. The molecule has 0 aromatic heterocycles. The molecular formula is C46H29NS. The molecule has 0 amide bonds. The summed E-state index contributed by atoms with van der Waals surface area (Å²) in [4.78, 5) is 3.99. The summed E-state index contributed by atoms with van der Waals surface area (Å²) in [7, 11) is 0. The molecule has 0 N–H and O–H groups in total. The van der Waals surface area contributed by atoms with E-state index in [0.29, 0.717) is 5.25 Å². The Kier molecular flexibility index (Phi) is 5.50. The average molecular weight is 628 g/mol. The lowest BCUT2D eigenvalue weighted by atomic mass is 9.87. The van der Waals surface area contributed by atoms with Crippen LogP contribution >= 0.6 is 11.8 Å². The van der Waals surface area contributed by atoms with Gasteiger partial charge < -0.3 is 4.90 Å². The van der Waals surface area contributed by atoms with Gasteiger partial charge in [0.15, 0.2) is 0 Å².